The molecule has 1 aromatic heterocycles. The molecule has 14 heavy (non-hydrogen) atoms. The largest absolute Gasteiger partial charge is 0.364 e. The van der Waals surface area contributed by atoms with Gasteiger partial charge in [-0.1, -0.05) is 22.0 Å². The van der Waals surface area contributed by atoms with Gasteiger partial charge in [-0.3, -0.25) is 4.79 Å². The first-order valence-electron chi connectivity index (χ1n) is 4.15. The smallest absolute Gasteiger partial charge is 0.265 e. The molecule has 72 valence electrons. The molecule has 1 aromatic carbocycles. The van der Waals surface area contributed by atoms with Gasteiger partial charge in [-0.15, -0.1) is 0 Å². The Morgan fingerprint density at radius 1 is 1.50 bits per heavy atom. The lowest BCUT2D eigenvalue weighted by molar-refractivity contribution is 0.0993. The molecule has 4 heteroatoms. The molecule has 2 rings (SSSR count). The Bertz CT molecular complexity index is 516. The van der Waals surface area contributed by atoms with E-state index in [-0.39, 0.29) is 0 Å². The van der Waals surface area contributed by atoms with Crippen molar-refractivity contribution in [3.8, 4) is 0 Å². The van der Waals surface area contributed by atoms with Crippen LogP contribution in [0.15, 0.2) is 28.7 Å². The molecule has 3 nitrogen and oxygen atoms in total. The lowest BCUT2D eigenvalue weighted by Crippen LogP contribution is -2.14. The van der Waals surface area contributed by atoms with Crippen molar-refractivity contribution in [1.29, 1.82) is 0 Å². The molecule has 1 amide bonds. The summed E-state index contributed by atoms with van der Waals surface area (Å²) in [6, 6.07) is 7.61. The van der Waals surface area contributed by atoms with Crippen molar-refractivity contribution in [1.82, 2.24) is 4.57 Å². The summed E-state index contributed by atoms with van der Waals surface area (Å²) in [7, 11) is 1.83. The second-order valence-corrected chi connectivity index (χ2v) is 3.98. The number of fused-ring (bicyclic) bond motifs is 1. The van der Waals surface area contributed by atoms with Crippen molar-refractivity contribution in [2.24, 2.45) is 12.8 Å². The van der Waals surface area contributed by atoms with Gasteiger partial charge in [0.1, 0.15) is 5.69 Å². The standard InChI is InChI=1S/C10H9BrN2O/c1-13-8-4-2-3-7(11)6(8)5-9(13)10(12)14/h2-5H,1H3,(H2,12,14). The maximum absolute atomic E-state index is 11.1. The van der Waals surface area contributed by atoms with Gasteiger partial charge in [-0.05, 0) is 18.2 Å². The second kappa shape index (κ2) is 3.13. The summed E-state index contributed by atoms with van der Waals surface area (Å²) in [5, 5.41) is 1.00. The molecule has 0 saturated carbocycles. The summed E-state index contributed by atoms with van der Waals surface area (Å²) in [6.45, 7) is 0. The van der Waals surface area contributed by atoms with Crippen molar-refractivity contribution in [2.45, 2.75) is 0 Å². The Morgan fingerprint density at radius 2 is 2.21 bits per heavy atom. The third kappa shape index (κ3) is 1.23. The van der Waals surface area contributed by atoms with E-state index in [1.807, 2.05) is 25.2 Å². The average molecular weight is 253 g/mol. The lowest BCUT2D eigenvalue weighted by atomic mass is 10.2. The van der Waals surface area contributed by atoms with Crippen LogP contribution in [0.2, 0.25) is 0 Å². The van der Waals surface area contributed by atoms with Crippen LogP contribution >= 0.6 is 15.9 Å². The molecule has 0 aliphatic carbocycles. The number of benzene rings is 1. The molecule has 0 radical (unpaired) electrons. The van der Waals surface area contributed by atoms with Gasteiger partial charge in [0.25, 0.3) is 5.91 Å². The molecule has 2 N–H and O–H groups in total. The Kier molecular flexibility index (Phi) is 2.07. The third-order valence-electron chi connectivity index (χ3n) is 2.29. The first-order valence-corrected chi connectivity index (χ1v) is 4.94. The van der Waals surface area contributed by atoms with E-state index in [2.05, 4.69) is 15.9 Å². The van der Waals surface area contributed by atoms with Crippen LogP contribution in [0.1, 0.15) is 10.5 Å². The highest BCUT2D eigenvalue weighted by Crippen LogP contribution is 2.26. The van der Waals surface area contributed by atoms with Crippen LogP contribution in [0.3, 0.4) is 0 Å². The number of hydrogen-bond acceptors (Lipinski definition) is 1. The molecule has 2 aromatic rings. The summed E-state index contributed by atoms with van der Waals surface area (Å²) in [4.78, 5) is 11.1. The Morgan fingerprint density at radius 3 is 2.79 bits per heavy atom. The number of nitrogens with two attached hydrogens (primary N) is 1. The number of hydrogen-bond donors (Lipinski definition) is 1. The monoisotopic (exact) mass is 252 g/mol. The van der Waals surface area contributed by atoms with Crippen LogP contribution in [-0.2, 0) is 7.05 Å². The number of carbonyl (C=O) groups excluding carboxylic acids is 1. The van der Waals surface area contributed by atoms with Crippen LogP contribution in [0.5, 0.6) is 0 Å². The van der Waals surface area contributed by atoms with Crippen LogP contribution in [0, 0.1) is 0 Å². The quantitative estimate of drug-likeness (QED) is 0.830. The van der Waals surface area contributed by atoms with Gasteiger partial charge in [-0.2, -0.15) is 0 Å². The highest BCUT2D eigenvalue weighted by atomic mass is 79.9. The van der Waals surface area contributed by atoms with E-state index in [9.17, 15) is 4.79 Å². The number of halogens is 1. The molecule has 0 spiro atoms. The van der Waals surface area contributed by atoms with Crippen molar-refractivity contribution >= 4 is 32.7 Å². The Labute approximate surface area is 89.6 Å². The fourth-order valence-electron chi connectivity index (χ4n) is 1.56. The number of rotatable bonds is 1. The van der Waals surface area contributed by atoms with E-state index in [4.69, 9.17) is 5.73 Å². The topological polar surface area (TPSA) is 48.0 Å². The minimum absolute atomic E-state index is 0.407. The normalized spacial score (nSPS) is 10.7. The second-order valence-electron chi connectivity index (χ2n) is 3.13. The van der Waals surface area contributed by atoms with Gasteiger partial charge in [-0.25, -0.2) is 0 Å². The van der Waals surface area contributed by atoms with E-state index in [0.29, 0.717) is 5.69 Å². The van der Waals surface area contributed by atoms with Crippen LogP contribution in [0.4, 0.5) is 0 Å². The van der Waals surface area contributed by atoms with Gasteiger partial charge in [0.05, 0.1) is 0 Å². The maximum atomic E-state index is 11.1. The minimum Gasteiger partial charge on any atom is -0.364 e. The first-order chi connectivity index (χ1) is 6.61. The summed E-state index contributed by atoms with van der Waals surface area (Å²) in [5.74, 6) is -0.407. The third-order valence-corrected chi connectivity index (χ3v) is 2.98. The van der Waals surface area contributed by atoms with Crippen LogP contribution in [-0.4, -0.2) is 10.5 Å². The maximum Gasteiger partial charge on any atom is 0.265 e. The molecule has 0 fully saturated rings. The summed E-state index contributed by atoms with van der Waals surface area (Å²) in [5.41, 5.74) is 6.77. The molecular formula is C10H9BrN2O. The number of primary amides is 1. The predicted octanol–water partition coefficient (Wildman–Crippen LogP) is 2.04. The van der Waals surface area contributed by atoms with Crippen molar-refractivity contribution in [2.75, 3.05) is 0 Å². The number of aryl methyl sites for hydroxylation is 1. The van der Waals surface area contributed by atoms with Gasteiger partial charge < -0.3 is 10.3 Å². The van der Waals surface area contributed by atoms with Gasteiger partial charge in [0.15, 0.2) is 0 Å². The SMILES string of the molecule is Cn1c(C(N)=O)cc2c(Br)cccc21. The van der Waals surface area contributed by atoms with Gasteiger partial charge >= 0.3 is 0 Å². The number of nitrogens with zero attached hydrogens (tertiary/aromatic N) is 1. The van der Waals surface area contributed by atoms with E-state index in [1.54, 1.807) is 10.6 Å². The number of amides is 1. The molecule has 1 heterocycles. The molecule has 0 unspecified atom stereocenters. The molecule has 0 bridgehead atoms. The van der Waals surface area contributed by atoms with Gasteiger partial charge in [0, 0.05) is 22.4 Å². The van der Waals surface area contributed by atoms with E-state index < -0.39 is 5.91 Å². The summed E-state index contributed by atoms with van der Waals surface area (Å²) >= 11 is 3.43. The van der Waals surface area contributed by atoms with Crippen LogP contribution < -0.4 is 5.73 Å². The fraction of sp³-hybridized carbons (Fsp3) is 0.100. The molecule has 0 atom stereocenters. The number of aromatic nitrogens is 1. The first kappa shape index (κ1) is 9.27. The molecule has 0 aliphatic rings. The predicted molar refractivity (Wildman–Crippen MR) is 59.1 cm³/mol. The Hall–Kier alpha value is -1.29. The highest BCUT2D eigenvalue weighted by Gasteiger charge is 2.11. The summed E-state index contributed by atoms with van der Waals surface area (Å²) < 4.78 is 2.76. The highest BCUT2D eigenvalue weighted by molar-refractivity contribution is 9.10. The summed E-state index contributed by atoms with van der Waals surface area (Å²) in [6.07, 6.45) is 0. The minimum atomic E-state index is -0.407. The zero-order chi connectivity index (χ0) is 10.3. The lowest BCUT2D eigenvalue weighted by Gasteiger charge is -1.99. The number of carbonyl (C=O) groups is 1. The molecule has 0 aliphatic heterocycles. The zero-order valence-electron chi connectivity index (χ0n) is 7.62. The van der Waals surface area contributed by atoms with Crippen LogP contribution in [0.25, 0.3) is 10.9 Å². The zero-order valence-corrected chi connectivity index (χ0v) is 9.21. The van der Waals surface area contributed by atoms with Crippen molar-refractivity contribution < 1.29 is 4.79 Å². The van der Waals surface area contributed by atoms with Crippen molar-refractivity contribution in [3.63, 3.8) is 0 Å². The fourth-order valence-corrected chi connectivity index (χ4v) is 2.03. The molecular weight excluding hydrogens is 244 g/mol. The van der Waals surface area contributed by atoms with E-state index in [0.717, 1.165) is 15.4 Å². The van der Waals surface area contributed by atoms with E-state index >= 15 is 0 Å². The van der Waals surface area contributed by atoms with E-state index in [1.165, 1.54) is 0 Å². The Balaban J connectivity index is 2.86. The van der Waals surface area contributed by atoms with Crippen molar-refractivity contribution in [3.05, 3.63) is 34.4 Å². The average Bonchev–Trinajstić information content (AvgIpc) is 2.46. The molecule has 0 saturated heterocycles. The van der Waals surface area contributed by atoms with Gasteiger partial charge in [0.2, 0.25) is 0 Å².